The zero-order chi connectivity index (χ0) is 16.5. The Kier molecular flexibility index (Phi) is 4.09. The summed E-state index contributed by atoms with van der Waals surface area (Å²) in [5.41, 5.74) is 4.07. The molecule has 5 heteroatoms. The molecule has 1 saturated heterocycles. The molecule has 1 aromatic heterocycles. The molecule has 0 unspecified atom stereocenters. The third kappa shape index (κ3) is 3.21. The van der Waals surface area contributed by atoms with Crippen molar-refractivity contribution in [2.24, 2.45) is 7.05 Å². The second kappa shape index (κ2) is 6.39. The number of hydrogen-bond acceptors (Lipinski definition) is 4. The van der Waals surface area contributed by atoms with E-state index in [9.17, 15) is 0 Å². The lowest BCUT2D eigenvalue weighted by Crippen LogP contribution is -2.46. The molecule has 2 aliphatic rings. The number of hydrogen-bond donors (Lipinski definition) is 0. The number of nitriles is 1. The molecule has 1 aromatic carbocycles. The van der Waals surface area contributed by atoms with Gasteiger partial charge in [0, 0.05) is 63.1 Å². The Hall–Kier alpha value is -2.16. The van der Waals surface area contributed by atoms with Gasteiger partial charge < -0.3 is 0 Å². The van der Waals surface area contributed by atoms with Crippen LogP contribution in [0.4, 0.5) is 0 Å². The molecular weight excluding hydrogens is 298 g/mol. The van der Waals surface area contributed by atoms with Crippen molar-refractivity contribution in [1.82, 2.24) is 19.6 Å². The summed E-state index contributed by atoms with van der Waals surface area (Å²) < 4.78 is 1.89. The van der Waals surface area contributed by atoms with Gasteiger partial charge >= 0.3 is 0 Å². The Morgan fingerprint density at radius 3 is 2.46 bits per heavy atom. The SMILES string of the molecule is Cn1cc(CN2CCN(C3CC3)CC2)c(-c2ccc(C#N)cc2)n1. The number of nitrogens with zero attached hydrogens (tertiary/aromatic N) is 5. The van der Waals surface area contributed by atoms with E-state index in [1.54, 1.807) is 0 Å². The molecule has 0 spiro atoms. The van der Waals surface area contributed by atoms with Crippen molar-refractivity contribution in [1.29, 1.82) is 5.26 Å². The van der Waals surface area contributed by atoms with E-state index in [0.717, 1.165) is 36.9 Å². The minimum absolute atomic E-state index is 0.687. The molecule has 0 radical (unpaired) electrons. The fourth-order valence-corrected chi connectivity index (χ4v) is 3.57. The van der Waals surface area contributed by atoms with Crippen LogP contribution >= 0.6 is 0 Å². The molecule has 0 N–H and O–H groups in total. The molecule has 5 nitrogen and oxygen atoms in total. The summed E-state index contributed by atoms with van der Waals surface area (Å²) >= 11 is 0. The average molecular weight is 321 g/mol. The monoisotopic (exact) mass is 321 g/mol. The second-order valence-corrected chi connectivity index (χ2v) is 6.91. The zero-order valence-electron chi connectivity index (χ0n) is 14.1. The van der Waals surface area contributed by atoms with Gasteiger partial charge in [-0.25, -0.2) is 0 Å². The standard InChI is InChI=1S/C19H23N5/c1-22-13-17(14-23-8-10-24(11-9-23)18-6-7-18)19(21-22)16-4-2-15(12-20)3-5-16/h2-5,13,18H,6-11,14H2,1H3. The van der Waals surface area contributed by atoms with Crippen molar-refractivity contribution in [3.8, 4) is 17.3 Å². The molecule has 0 amide bonds. The summed E-state index contributed by atoms with van der Waals surface area (Å²) in [5.74, 6) is 0. The van der Waals surface area contributed by atoms with Crippen LogP contribution in [-0.2, 0) is 13.6 Å². The fourth-order valence-electron chi connectivity index (χ4n) is 3.57. The number of aromatic nitrogens is 2. The number of benzene rings is 1. The van der Waals surface area contributed by atoms with Crippen molar-refractivity contribution >= 4 is 0 Å². The van der Waals surface area contributed by atoms with Gasteiger partial charge in [0.2, 0.25) is 0 Å². The normalized spacial score (nSPS) is 19.3. The molecule has 2 aromatic rings. The first-order valence-electron chi connectivity index (χ1n) is 8.72. The molecule has 1 aliphatic heterocycles. The average Bonchev–Trinajstić information content (AvgIpc) is 3.39. The minimum Gasteiger partial charge on any atom is -0.298 e. The molecule has 24 heavy (non-hydrogen) atoms. The predicted octanol–water partition coefficient (Wildman–Crippen LogP) is 2.24. The lowest BCUT2D eigenvalue weighted by Gasteiger charge is -2.34. The second-order valence-electron chi connectivity index (χ2n) is 6.91. The van der Waals surface area contributed by atoms with E-state index in [-0.39, 0.29) is 0 Å². The highest BCUT2D eigenvalue weighted by Crippen LogP contribution is 2.28. The van der Waals surface area contributed by atoms with Crippen LogP contribution in [0.1, 0.15) is 24.0 Å². The van der Waals surface area contributed by atoms with Gasteiger partial charge in [-0.05, 0) is 25.0 Å². The number of rotatable bonds is 4. The maximum Gasteiger partial charge on any atom is 0.0991 e. The fraction of sp³-hybridized carbons (Fsp3) is 0.474. The maximum absolute atomic E-state index is 8.96. The van der Waals surface area contributed by atoms with Crippen LogP contribution in [0.5, 0.6) is 0 Å². The van der Waals surface area contributed by atoms with E-state index in [4.69, 9.17) is 5.26 Å². The molecular formula is C19H23N5. The molecule has 1 aliphatic carbocycles. The third-order valence-corrected chi connectivity index (χ3v) is 5.06. The molecule has 124 valence electrons. The lowest BCUT2D eigenvalue weighted by molar-refractivity contribution is 0.121. The summed E-state index contributed by atoms with van der Waals surface area (Å²) in [6.07, 6.45) is 4.91. The van der Waals surface area contributed by atoms with Crippen LogP contribution in [0.15, 0.2) is 30.5 Å². The van der Waals surface area contributed by atoms with Gasteiger partial charge in [-0.2, -0.15) is 10.4 Å². The van der Waals surface area contributed by atoms with Gasteiger partial charge in [-0.15, -0.1) is 0 Å². The highest BCUT2D eigenvalue weighted by Gasteiger charge is 2.31. The van der Waals surface area contributed by atoms with Gasteiger partial charge in [0.15, 0.2) is 0 Å². The Bertz CT molecular complexity index is 743. The summed E-state index contributed by atoms with van der Waals surface area (Å²) in [6, 6.07) is 10.8. The van der Waals surface area contributed by atoms with Crippen LogP contribution in [0.2, 0.25) is 0 Å². The van der Waals surface area contributed by atoms with Gasteiger partial charge in [0.25, 0.3) is 0 Å². The Morgan fingerprint density at radius 1 is 1.12 bits per heavy atom. The minimum atomic E-state index is 0.687. The van der Waals surface area contributed by atoms with Crippen LogP contribution in [-0.4, -0.2) is 51.8 Å². The third-order valence-electron chi connectivity index (χ3n) is 5.06. The van der Waals surface area contributed by atoms with E-state index >= 15 is 0 Å². The van der Waals surface area contributed by atoms with Crippen molar-refractivity contribution in [2.45, 2.75) is 25.4 Å². The Balaban J connectivity index is 1.48. The molecule has 2 heterocycles. The Labute approximate surface area is 143 Å². The zero-order valence-corrected chi connectivity index (χ0v) is 14.1. The van der Waals surface area contributed by atoms with E-state index in [1.807, 2.05) is 36.0 Å². The van der Waals surface area contributed by atoms with Crippen LogP contribution in [0.25, 0.3) is 11.3 Å². The lowest BCUT2D eigenvalue weighted by atomic mass is 10.1. The van der Waals surface area contributed by atoms with Gasteiger partial charge in [-0.1, -0.05) is 12.1 Å². The predicted molar refractivity (Wildman–Crippen MR) is 93.2 cm³/mol. The highest BCUT2D eigenvalue weighted by atomic mass is 15.3. The largest absolute Gasteiger partial charge is 0.298 e. The van der Waals surface area contributed by atoms with E-state index in [0.29, 0.717) is 5.56 Å². The topological polar surface area (TPSA) is 48.1 Å². The van der Waals surface area contributed by atoms with Crippen molar-refractivity contribution in [2.75, 3.05) is 26.2 Å². The Morgan fingerprint density at radius 2 is 1.83 bits per heavy atom. The van der Waals surface area contributed by atoms with Gasteiger partial charge in [-0.3, -0.25) is 14.5 Å². The first-order valence-corrected chi connectivity index (χ1v) is 8.72. The highest BCUT2D eigenvalue weighted by molar-refractivity contribution is 5.63. The summed E-state index contributed by atoms with van der Waals surface area (Å²) in [7, 11) is 1.97. The summed E-state index contributed by atoms with van der Waals surface area (Å²) in [4.78, 5) is 5.17. The smallest absolute Gasteiger partial charge is 0.0991 e. The summed E-state index contributed by atoms with van der Waals surface area (Å²) in [6.45, 7) is 5.60. The van der Waals surface area contributed by atoms with Gasteiger partial charge in [0.05, 0.1) is 17.3 Å². The molecule has 1 saturated carbocycles. The molecule has 0 atom stereocenters. The molecule has 4 rings (SSSR count). The first kappa shape index (κ1) is 15.4. The van der Waals surface area contributed by atoms with Gasteiger partial charge in [0.1, 0.15) is 0 Å². The first-order chi connectivity index (χ1) is 11.7. The van der Waals surface area contributed by atoms with E-state index in [2.05, 4.69) is 27.2 Å². The quantitative estimate of drug-likeness (QED) is 0.866. The maximum atomic E-state index is 8.96. The van der Waals surface area contributed by atoms with Crippen LogP contribution < -0.4 is 0 Å². The molecule has 0 bridgehead atoms. The van der Waals surface area contributed by atoms with Crippen molar-refractivity contribution in [3.05, 3.63) is 41.6 Å². The van der Waals surface area contributed by atoms with Crippen LogP contribution in [0.3, 0.4) is 0 Å². The van der Waals surface area contributed by atoms with Crippen LogP contribution in [0, 0.1) is 11.3 Å². The van der Waals surface area contributed by atoms with Crippen molar-refractivity contribution in [3.63, 3.8) is 0 Å². The van der Waals surface area contributed by atoms with E-state index < -0.39 is 0 Å². The summed E-state index contributed by atoms with van der Waals surface area (Å²) in [5, 5.41) is 13.6. The van der Waals surface area contributed by atoms with Crippen molar-refractivity contribution < 1.29 is 0 Å². The number of piperazine rings is 1. The van der Waals surface area contributed by atoms with E-state index in [1.165, 1.54) is 31.5 Å². The number of aryl methyl sites for hydroxylation is 1. The molecule has 2 fully saturated rings.